The lowest BCUT2D eigenvalue weighted by Gasteiger charge is -2.35. The molecule has 1 unspecified atom stereocenters. The van der Waals surface area contributed by atoms with E-state index in [0.29, 0.717) is 12.4 Å². The fourth-order valence-electron chi connectivity index (χ4n) is 7.07. The summed E-state index contributed by atoms with van der Waals surface area (Å²) in [7, 11) is 0. The Kier molecular flexibility index (Phi) is 14.1. The second kappa shape index (κ2) is 19.1. The smallest absolute Gasteiger partial charge is 0.249 e. The predicted molar refractivity (Wildman–Crippen MR) is 224 cm³/mol. The fraction of sp³-hybridized carbons (Fsp3) is 0.362. The van der Waals surface area contributed by atoms with Crippen molar-refractivity contribution in [3.63, 3.8) is 0 Å². The average molecular weight is 695 g/mol. The van der Waals surface area contributed by atoms with Gasteiger partial charge in [0, 0.05) is 23.5 Å². The van der Waals surface area contributed by atoms with E-state index in [2.05, 4.69) is 142 Å². The van der Waals surface area contributed by atoms with Crippen LogP contribution in [0.3, 0.4) is 0 Å². The normalized spacial score (nSPS) is 11.9. The second-order valence-corrected chi connectivity index (χ2v) is 14.5. The van der Waals surface area contributed by atoms with Crippen molar-refractivity contribution in [1.82, 2.24) is 0 Å². The molecule has 5 rings (SSSR count). The number of carbonyl (C=O) groups excluding carboxylic acids is 1. The number of benzene rings is 5. The largest absolute Gasteiger partial charge is 0.326 e. The Labute approximate surface area is 312 Å². The molecule has 0 aliphatic heterocycles. The van der Waals surface area contributed by atoms with Crippen LogP contribution in [0.2, 0.25) is 0 Å². The van der Waals surface area contributed by atoms with Gasteiger partial charge in [-0.1, -0.05) is 149 Å². The Balaban J connectivity index is 1.47. The molecule has 52 heavy (non-hydrogen) atoms. The van der Waals surface area contributed by atoms with E-state index in [1.807, 2.05) is 24.3 Å². The van der Waals surface area contributed by atoms with E-state index in [1.54, 1.807) is 0 Å². The lowest BCUT2D eigenvalue weighted by atomic mass is 9.69. The van der Waals surface area contributed by atoms with Crippen molar-refractivity contribution in [2.75, 3.05) is 16.0 Å². The highest BCUT2D eigenvalue weighted by atomic mass is 16.2. The van der Waals surface area contributed by atoms with Crippen molar-refractivity contribution in [1.29, 1.82) is 0 Å². The van der Waals surface area contributed by atoms with E-state index in [1.165, 1.54) is 79.9 Å². The van der Waals surface area contributed by atoms with E-state index in [-0.39, 0.29) is 11.3 Å². The van der Waals surface area contributed by atoms with Gasteiger partial charge in [0.25, 0.3) is 0 Å². The van der Waals surface area contributed by atoms with Crippen LogP contribution in [0, 0.1) is 13.8 Å². The van der Waals surface area contributed by atoms with E-state index < -0.39 is 6.04 Å². The number of hydrogen-bond donors (Lipinski definition) is 3. The average Bonchev–Trinajstić information content (AvgIpc) is 3.16. The number of carbonyl (C=O) groups is 1. The maximum atomic E-state index is 14.3. The van der Waals surface area contributed by atoms with Gasteiger partial charge < -0.3 is 16.0 Å². The highest BCUT2D eigenvalue weighted by molar-refractivity contribution is 6.06. The molecular formula is C47H58N4O. The molecule has 5 heteroatoms. The SMILES string of the molecule is CCCCC(CCCC)(CCCC)c1ccc(NC(=O)C(Cc2ccc3ccccc3c2)N=C(Nc2ccc(C)cc2)Nc2ccc(C)cc2)cc1. The molecule has 5 aromatic rings. The molecular weight excluding hydrogens is 637 g/mol. The molecule has 3 N–H and O–H groups in total. The van der Waals surface area contributed by atoms with Crippen molar-refractivity contribution >= 4 is 39.7 Å². The van der Waals surface area contributed by atoms with Crippen LogP contribution < -0.4 is 16.0 Å². The van der Waals surface area contributed by atoms with Crippen LogP contribution in [0.25, 0.3) is 10.8 Å². The summed E-state index contributed by atoms with van der Waals surface area (Å²) in [6.45, 7) is 11.0. The number of hydrogen-bond acceptors (Lipinski definition) is 2. The molecule has 0 bridgehead atoms. The minimum atomic E-state index is -0.704. The Morgan fingerprint density at radius 3 is 1.60 bits per heavy atom. The summed E-state index contributed by atoms with van der Waals surface area (Å²) in [4.78, 5) is 19.5. The molecule has 0 aliphatic carbocycles. The minimum Gasteiger partial charge on any atom is -0.326 e. The van der Waals surface area contributed by atoms with Crippen LogP contribution in [0.1, 0.15) is 101 Å². The highest BCUT2D eigenvalue weighted by Gasteiger charge is 2.30. The fourth-order valence-corrected chi connectivity index (χ4v) is 7.07. The number of nitrogens with zero attached hydrogens (tertiary/aromatic N) is 1. The van der Waals surface area contributed by atoms with Gasteiger partial charge in [-0.25, -0.2) is 4.99 Å². The lowest BCUT2D eigenvalue weighted by molar-refractivity contribution is -0.117. The summed E-state index contributed by atoms with van der Waals surface area (Å²) in [6, 6.07) is 39.1. The number of guanidine groups is 1. The number of nitrogens with one attached hydrogen (secondary N) is 3. The molecule has 0 heterocycles. The molecule has 0 radical (unpaired) electrons. The maximum Gasteiger partial charge on any atom is 0.249 e. The monoisotopic (exact) mass is 694 g/mol. The van der Waals surface area contributed by atoms with Crippen molar-refractivity contribution in [3.8, 4) is 0 Å². The predicted octanol–water partition coefficient (Wildman–Crippen LogP) is 12.4. The molecule has 0 aliphatic rings. The number of rotatable bonds is 17. The van der Waals surface area contributed by atoms with E-state index in [9.17, 15) is 4.79 Å². The Morgan fingerprint density at radius 2 is 1.08 bits per heavy atom. The zero-order valence-electron chi connectivity index (χ0n) is 32.0. The summed E-state index contributed by atoms with van der Waals surface area (Å²) in [5, 5.41) is 12.5. The minimum absolute atomic E-state index is 0.149. The van der Waals surface area contributed by atoms with Crippen LogP contribution in [-0.2, 0) is 16.6 Å². The van der Waals surface area contributed by atoms with Gasteiger partial charge in [-0.3, -0.25) is 4.79 Å². The Morgan fingerprint density at radius 1 is 0.596 bits per heavy atom. The van der Waals surface area contributed by atoms with Crippen LogP contribution in [-0.4, -0.2) is 17.9 Å². The topological polar surface area (TPSA) is 65.5 Å². The first-order valence-corrected chi connectivity index (χ1v) is 19.4. The van der Waals surface area contributed by atoms with Gasteiger partial charge in [0.05, 0.1) is 0 Å². The molecule has 1 amide bonds. The van der Waals surface area contributed by atoms with Crippen LogP contribution >= 0.6 is 0 Å². The van der Waals surface area contributed by atoms with Gasteiger partial charge in [0.1, 0.15) is 6.04 Å². The molecule has 0 saturated carbocycles. The summed E-state index contributed by atoms with van der Waals surface area (Å²) in [6.07, 6.45) is 11.4. The molecule has 0 saturated heterocycles. The van der Waals surface area contributed by atoms with Crippen molar-refractivity contribution in [2.45, 2.75) is 110 Å². The quantitative estimate of drug-likeness (QED) is 0.0670. The molecule has 272 valence electrons. The Hall–Kier alpha value is -4.90. The molecule has 5 nitrogen and oxygen atoms in total. The van der Waals surface area contributed by atoms with Crippen LogP contribution in [0.4, 0.5) is 17.1 Å². The van der Waals surface area contributed by atoms with Crippen LogP contribution in [0.15, 0.2) is 120 Å². The number of anilines is 3. The van der Waals surface area contributed by atoms with Crippen LogP contribution in [0.5, 0.6) is 0 Å². The number of aryl methyl sites for hydroxylation is 2. The van der Waals surface area contributed by atoms with Gasteiger partial charge in [-0.15, -0.1) is 0 Å². The first kappa shape index (κ1) is 38.3. The first-order chi connectivity index (χ1) is 25.3. The third-order valence-corrected chi connectivity index (χ3v) is 10.3. The zero-order valence-corrected chi connectivity index (χ0v) is 32.0. The number of fused-ring (bicyclic) bond motifs is 1. The number of amides is 1. The Bertz CT molecular complexity index is 1810. The van der Waals surface area contributed by atoms with Gasteiger partial charge in [-0.2, -0.15) is 0 Å². The first-order valence-electron chi connectivity index (χ1n) is 19.4. The lowest BCUT2D eigenvalue weighted by Crippen LogP contribution is -2.33. The molecule has 1 atom stereocenters. The van der Waals surface area contributed by atoms with E-state index >= 15 is 0 Å². The summed E-state index contributed by atoms with van der Waals surface area (Å²) in [5.74, 6) is 0.362. The third kappa shape index (κ3) is 10.8. The van der Waals surface area contributed by atoms with Gasteiger partial charge >= 0.3 is 0 Å². The van der Waals surface area contributed by atoms with Gasteiger partial charge in [-0.05, 0) is 96.8 Å². The van der Waals surface area contributed by atoms with Gasteiger partial charge in [0.15, 0.2) is 0 Å². The molecule has 0 spiro atoms. The highest BCUT2D eigenvalue weighted by Crippen LogP contribution is 2.40. The zero-order chi connectivity index (χ0) is 36.8. The third-order valence-electron chi connectivity index (χ3n) is 10.3. The second-order valence-electron chi connectivity index (χ2n) is 14.5. The van der Waals surface area contributed by atoms with Gasteiger partial charge in [0.2, 0.25) is 11.9 Å². The van der Waals surface area contributed by atoms with Crippen molar-refractivity contribution in [2.24, 2.45) is 4.99 Å². The van der Waals surface area contributed by atoms with E-state index in [4.69, 9.17) is 4.99 Å². The summed E-state index contributed by atoms with van der Waals surface area (Å²) >= 11 is 0. The summed E-state index contributed by atoms with van der Waals surface area (Å²) in [5.41, 5.74) is 7.56. The molecule has 0 fully saturated rings. The molecule has 0 aromatic heterocycles. The summed E-state index contributed by atoms with van der Waals surface area (Å²) < 4.78 is 0. The van der Waals surface area contributed by atoms with Crippen molar-refractivity contribution in [3.05, 3.63) is 138 Å². The molecule has 5 aromatic carbocycles. The number of aliphatic imine (C=N–C) groups is 1. The van der Waals surface area contributed by atoms with Crippen molar-refractivity contribution < 1.29 is 4.79 Å². The maximum absolute atomic E-state index is 14.3. The van der Waals surface area contributed by atoms with E-state index in [0.717, 1.165) is 28.0 Å². The number of unbranched alkanes of at least 4 members (excludes halogenated alkanes) is 3. The standard InChI is InChI=1S/C47H58N4O/c1-6-9-30-47(31-10-7-2,32-11-8-3)40-22-28-41(29-23-40)48-45(52)44(34-37-20-21-38-14-12-13-15-39(38)33-37)51-46(49-42-24-16-35(4)17-25-42)50-43-26-18-36(5)19-27-43/h12-29,33,44H,6-11,30-32,34H2,1-5H3,(H,48,52)(H2,49,50,51).